The van der Waals surface area contributed by atoms with Crippen LogP contribution in [0.5, 0.6) is 0 Å². The fourth-order valence-corrected chi connectivity index (χ4v) is 1.11. The molecule has 3 N–H and O–H groups in total. The van der Waals surface area contributed by atoms with Gasteiger partial charge in [0.25, 0.3) is 0 Å². The van der Waals surface area contributed by atoms with Gasteiger partial charge in [-0.2, -0.15) is 5.10 Å². The number of hydrazine groups is 1. The van der Waals surface area contributed by atoms with Gasteiger partial charge in [0.2, 0.25) is 0 Å². The number of hydrazone groups is 1. The molecule has 4 nitrogen and oxygen atoms in total. The van der Waals surface area contributed by atoms with Gasteiger partial charge in [0, 0.05) is 19.2 Å². The molecule has 0 atom stereocenters. The summed E-state index contributed by atoms with van der Waals surface area (Å²) < 4.78 is 0. The van der Waals surface area contributed by atoms with Crippen LogP contribution >= 0.6 is 0 Å². The maximum absolute atomic E-state index is 3.97. The Bertz CT molecular complexity index is 239. The first-order chi connectivity index (χ1) is 5.47. The van der Waals surface area contributed by atoms with E-state index in [0.717, 1.165) is 24.4 Å². The Morgan fingerprint density at radius 1 is 1.45 bits per heavy atom. The molecule has 0 aromatic rings. The van der Waals surface area contributed by atoms with Gasteiger partial charge in [-0.05, 0) is 12.2 Å². The van der Waals surface area contributed by atoms with E-state index in [1.807, 2.05) is 12.2 Å². The summed E-state index contributed by atoms with van der Waals surface area (Å²) in [5.41, 5.74) is 11.3. The summed E-state index contributed by atoms with van der Waals surface area (Å²) in [6, 6.07) is 0. The number of rotatable bonds is 0. The van der Waals surface area contributed by atoms with Crippen molar-refractivity contribution in [1.29, 1.82) is 0 Å². The van der Waals surface area contributed by atoms with Crippen molar-refractivity contribution in [3.8, 4) is 0 Å². The van der Waals surface area contributed by atoms with Crippen LogP contribution in [-0.4, -0.2) is 12.8 Å². The second kappa shape index (κ2) is 2.75. The van der Waals surface area contributed by atoms with Crippen LogP contribution < -0.4 is 16.3 Å². The lowest BCUT2D eigenvalue weighted by atomic mass is 10.2. The highest BCUT2D eigenvalue weighted by molar-refractivity contribution is 5.72. The molecule has 2 aliphatic heterocycles. The minimum absolute atomic E-state index is 0.940. The van der Waals surface area contributed by atoms with Gasteiger partial charge < -0.3 is 5.43 Å². The molecule has 0 aromatic carbocycles. The van der Waals surface area contributed by atoms with E-state index >= 15 is 0 Å². The molecule has 0 fully saturated rings. The number of allylic oxidation sites excluding steroid dienone is 2. The molecular weight excluding hydrogens is 140 g/mol. The van der Waals surface area contributed by atoms with Gasteiger partial charge in [-0.25, -0.2) is 5.43 Å². The summed E-state index contributed by atoms with van der Waals surface area (Å²) in [6.07, 6.45) is 6.62. The predicted molar refractivity (Wildman–Crippen MR) is 43.5 cm³/mol. The van der Waals surface area contributed by atoms with Gasteiger partial charge in [0.05, 0.1) is 11.4 Å². The van der Waals surface area contributed by atoms with Gasteiger partial charge in [0.15, 0.2) is 0 Å². The zero-order chi connectivity index (χ0) is 7.52. The Hall–Kier alpha value is -1.29. The van der Waals surface area contributed by atoms with E-state index in [0.29, 0.717) is 0 Å². The van der Waals surface area contributed by atoms with Crippen molar-refractivity contribution in [2.45, 2.75) is 6.42 Å². The summed E-state index contributed by atoms with van der Waals surface area (Å²) in [5, 5.41) is 3.97. The average Bonchev–Trinajstić information content (AvgIpc) is 2.28. The Morgan fingerprint density at radius 2 is 2.45 bits per heavy atom. The summed E-state index contributed by atoms with van der Waals surface area (Å²) in [6.45, 7) is 0.940. The molecule has 0 saturated carbocycles. The third-order valence-electron chi connectivity index (χ3n) is 1.67. The van der Waals surface area contributed by atoms with E-state index in [4.69, 9.17) is 0 Å². The molecule has 0 aromatic heterocycles. The molecule has 0 bridgehead atoms. The molecule has 58 valence electrons. The number of nitrogens with zero attached hydrogens (tertiary/aromatic N) is 1. The van der Waals surface area contributed by atoms with Crippen LogP contribution in [0.2, 0.25) is 0 Å². The highest BCUT2D eigenvalue weighted by atomic mass is 15.4. The van der Waals surface area contributed by atoms with E-state index in [-0.39, 0.29) is 0 Å². The standard InChI is InChI=1S/C7H10N4/c1-2-6-7(11-8-4-1)3-5-9-10-6/h1-2,4,9-11H,3,5H2. The maximum atomic E-state index is 3.97. The van der Waals surface area contributed by atoms with E-state index in [1.165, 1.54) is 0 Å². The second-order valence-electron chi connectivity index (χ2n) is 2.44. The van der Waals surface area contributed by atoms with Gasteiger partial charge in [-0.3, -0.25) is 5.43 Å². The van der Waals surface area contributed by atoms with E-state index < -0.39 is 0 Å². The minimum atomic E-state index is 0.940. The van der Waals surface area contributed by atoms with Crippen molar-refractivity contribution >= 4 is 6.21 Å². The highest BCUT2D eigenvalue weighted by Gasteiger charge is 2.09. The van der Waals surface area contributed by atoms with Crippen LogP contribution in [0.15, 0.2) is 28.6 Å². The molecular formula is C7H10N4. The Morgan fingerprint density at radius 3 is 3.45 bits per heavy atom. The van der Waals surface area contributed by atoms with E-state index in [2.05, 4.69) is 21.4 Å². The Balaban J connectivity index is 2.26. The minimum Gasteiger partial charge on any atom is -0.320 e. The van der Waals surface area contributed by atoms with E-state index in [9.17, 15) is 0 Å². The van der Waals surface area contributed by atoms with Crippen LogP contribution in [0, 0.1) is 0 Å². The summed E-state index contributed by atoms with van der Waals surface area (Å²) in [4.78, 5) is 0. The highest BCUT2D eigenvalue weighted by Crippen LogP contribution is 2.08. The molecule has 0 amide bonds. The van der Waals surface area contributed by atoms with E-state index in [1.54, 1.807) is 6.21 Å². The normalized spacial score (nSPS) is 21.8. The molecule has 4 heteroatoms. The molecule has 0 radical (unpaired) electrons. The fraction of sp³-hybridized carbons (Fsp3) is 0.286. The smallest absolute Gasteiger partial charge is 0.0697 e. The number of nitrogens with one attached hydrogen (secondary N) is 3. The van der Waals surface area contributed by atoms with Crippen LogP contribution in [0.4, 0.5) is 0 Å². The topological polar surface area (TPSA) is 48.4 Å². The van der Waals surface area contributed by atoms with Crippen LogP contribution in [0.3, 0.4) is 0 Å². The fourth-order valence-electron chi connectivity index (χ4n) is 1.11. The lowest BCUT2D eigenvalue weighted by Gasteiger charge is -2.19. The van der Waals surface area contributed by atoms with Crippen molar-refractivity contribution in [1.82, 2.24) is 16.3 Å². The first kappa shape index (κ1) is 6.42. The summed E-state index contributed by atoms with van der Waals surface area (Å²) in [5.74, 6) is 0. The zero-order valence-corrected chi connectivity index (χ0v) is 6.09. The molecule has 0 spiro atoms. The van der Waals surface area contributed by atoms with Gasteiger partial charge in [-0.15, -0.1) is 0 Å². The third-order valence-corrected chi connectivity index (χ3v) is 1.67. The monoisotopic (exact) mass is 150 g/mol. The largest absolute Gasteiger partial charge is 0.320 e. The van der Waals surface area contributed by atoms with Gasteiger partial charge in [0.1, 0.15) is 0 Å². The van der Waals surface area contributed by atoms with Gasteiger partial charge in [-0.1, -0.05) is 0 Å². The maximum Gasteiger partial charge on any atom is 0.0697 e. The van der Waals surface area contributed by atoms with Crippen molar-refractivity contribution < 1.29 is 0 Å². The predicted octanol–water partition coefficient (Wildman–Crippen LogP) is -0.159. The third kappa shape index (κ3) is 1.25. The van der Waals surface area contributed by atoms with Crippen LogP contribution in [-0.2, 0) is 0 Å². The van der Waals surface area contributed by atoms with Crippen molar-refractivity contribution in [2.24, 2.45) is 5.10 Å². The van der Waals surface area contributed by atoms with Crippen molar-refractivity contribution in [2.75, 3.05) is 6.54 Å². The zero-order valence-electron chi connectivity index (χ0n) is 6.09. The first-order valence-electron chi connectivity index (χ1n) is 3.64. The molecule has 0 saturated heterocycles. The first-order valence-corrected chi connectivity index (χ1v) is 3.64. The lowest BCUT2D eigenvalue weighted by Crippen LogP contribution is -2.38. The second-order valence-corrected chi connectivity index (χ2v) is 2.44. The SMILES string of the molecule is C1=CC2=C(CCNN2)NN=C1. The molecule has 11 heavy (non-hydrogen) atoms. The summed E-state index contributed by atoms with van der Waals surface area (Å²) >= 11 is 0. The Kier molecular flexibility index (Phi) is 1.61. The van der Waals surface area contributed by atoms with Crippen molar-refractivity contribution in [3.05, 3.63) is 23.5 Å². The average molecular weight is 150 g/mol. The lowest BCUT2D eigenvalue weighted by molar-refractivity contribution is 0.545. The number of hydrogen-bond acceptors (Lipinski definition) is 4. The molecule has 2 aliphatic rings. The number of hydrogen-bond donors (Lipinski definition) is 3. The quantitative estimate of drug-likeness (QED) is 0.450. The molecule has 2 heterocycles. The summed E-state index contributed by atoms with van der Waals surface area (Å²) in [7, 11) is 0. The molecule has 2 rings (SSSR count). The van der Waals surface area contributed by atoms with Crippen molar-refractivity contribution in [3.63, 3.8) is 0 Å². The van der Waals surface area contributed by atoms with Gasteiger partial charge >= 0.3 is 0 Å². The molecule has 0 unspecified atom stereocenters. The van der Waals surface area contributed by atoms with Crippen LogP contribution in [0.1, 0.15) is 6.42 Å². The Labute approximate surface area is 65.0 Å². The molecule has 0 aliphatic carbocycles. The van der Waals surface area contributed by atoms with Crippen LogP contribution in [0.25, 0.3) is 0 Å².